The fourth-order valence-corrected chi connectivity index (χ4v) is 16.8. The molecule has 4 saturated carbocycles. The first-order valence-corrected chi connectivity index (χ1v) is 28.2. The van der Waals surface area contributed by atoms with Crippen LogP contribution in [0.15, 0.2) is 11.6 Å². The molecule has 9 aliphatic rings. The van der Waals surface area contributed by atoms with Crippen molar-refractivity contribution in [3.63, 3.8) is 0 Å². The highest BCUT2D eigenvalue weighted by Gasteiger charge is 2.71. The van der Waals surface area contributed by atoms with E-state index >= 15 is 0 Å². The Labute approximate surface area is 451 Å². The highest BCUT2D eigenvalue weighted by molar-refractivity contribution is 5.36. The molecule has 9 rings (SSSR count). The summed E-state index contributed by atoms with van der Waals surface area (Å²) in [7, 11) is 1.78. The second-order valence-electron chi connectivity index (χ2n) is 26.5. The van der Waals surface area contributed by atoms with E-state index in [1.165, 1.54) is 19.4 Å². The lowest BCUT2D eigenvalue weighted by molar-refractivity contribution is -0.403. The molecule has 22 heteroatoms. The third kappa shape index (κ3) is 9.85. The van der Waals surface area contributed by atoms with Crippen LogP contribution in [0.2, 0.25) is 0 Å². The van der Waals surface area contributed by atoms with Crippen LogP contribution < -0.4 is 0 Å². The molecule has 5 aliphatic carbocycles. The topological polar surface area (TPSA) is 346 Å². The molecule has 0 bridgehead atoms. The van der Waals surface area contributed by atoms with Gasteiger partial charge in [0.15, 0.2) is 25.2 Å². The van der Waals surface area contributed by atoms with Crippen molar-refractivity contribution in [3.05, 3.63) is 11.6 Å². The first-order chi connectivity index (χ1) is 36.1. The lowest BCUT2D eigenvalue weighted by atomic mass is 9.33. The first kappa shape index (κ1) is 60.5. The second-order valence-corrected chi connectivity index (χ2v) is 26.5. The maximum Gasteiger partial charge on any atom is 0.187 e. The molecule has 0 aromatic rings. The van der Waals surface area contributed by atoms with Gasteiger partial charge in [-0.05, 0) is 105 Å². The number of allylic oxidation sites excluding steroid dienone is 1. The van der Waals surface area contributed by atoms with E-state index in [9.17, 15) is 66.4 Å². The number of aliphatic hydroxyl groups is 13. The Morgan fingerprint density at radius 2 is 1.09 bits per heavy atom. The van der Waals surface area contributed by atoms with E-state index in [4.69, 9.17) is 42.6 Å². The van der Waals surface area contributed by atoms with Crippen molar-refractivity contribution in [2.75, 3.05) is 33.5 Å². The number of methoxy groups -OCH3 is 1. The predicted molar refractivity (Wildman–Crippen MR) is 267 cm³/mol. The molecule has 77 heavy (non-hydrogen) atoms. The van der Waals surface area contributed by atoms with Crippen molar-refractivity contribution >= 4 is 0 Å². The van der Waals surface area contributed by atoms with E-state index in [1.807, 2.05) is 6.92 Å². The third-order valence-corrected chi connectivity index (χ3v) is 21.8. The zero-order valence-corrected chi connectivity index (χ0v) is 46.2. The summed E-state index contributed by atoms with van der Waals surface area (Å²) in [5.74, 6) is 0.102. The van der Waals surface area contributed by atoms with E-state index in [1.54, 1.807) is 7.11 Å². The largest absolute Gasteiger partial charge is 0.396 e. The van der Waals surface area contributed by atoms with Gasteiger partial charge in [-0.3, -0.25) is 0 Å². The molecule has 4 saturated heterocycles. The van der Waals surface area contributed by atoms with Gasteiger partial charge in [-0.1, -0.05) is 53.2 Å². The lowest BCUT2D eigenvalue weighted by Gasteiger charge is -2.72. The van der Waals surface area contributed by atoms with Gasteiger partial charge in [0.2, 0.25) is 0 Å². The van der Waals surface area contributed by atoms with E-state index in [2.05, 4.69) is 40.7 Å². The number of hydrogen-bond donors (Lipinski definition) is 13. The predicted octanol–water partition coefficient (Wildman–Crippen LogP) is -0.909. The Bertz CT molecular complexity index is 2070. The summed E-state index contributed by atoms with van der Waals surface area (Å²) in [5.41, 5.74) is -0.390. The maximum absolute atomic E-state index is 12.0. The molecule has 4 heterocycles. The Balaban J connectivity index is 1.01. The SMILES string of the molecule is CO[C@H]1C=C2[C@@H]3CC(C)(C)CC[C@]3(CO)CC[C@@]2(C)[C@@]2(C)CC[C@@H]3[C@@](C)(CO)[C@@H](O[C@H]4O[C@@H](C)[C@H](O)[C@@H](O[C@H]5O[C@@H](CO)[C@H](O[C@H]6O[C@@H](C)[C@H](O)[C@@H](O)[C@@H]6O)[C@@H](O)[C@@H]5O)[C@@H]4O[C@H]4O[C@@H](CO)[C@H](O)[C@@H](O)[C@@H]4O)CC[C@@]3(C)[C@H]12. The van der Waals surface area contributed by atoms with Crippen molar-refractivity contribution in [1.29, 1.82) is 0 Å². The van der Waals surface area contributed by atoms with Gasteiger partial charge in [0.05, 0.1) is 44.2 Å². The lowest BCUT2D eigenvalue weighted by Crippen LogP contribution is -2.69. The van der Waals surface area contributed by atoms with Gasteiger partial charge in [0.25, 0.3) is 0 Å². The monoisotopic (exact) mass is 1100 g/mol. The number of rotatable bonds is 13. The van der Waals surface area contributed by atoms with Crippen molar-refractivity contribution < 1.29 is 109 Å². The molecule has 0 aromatic carbocycles. The molecule has 13 N–H and O–H groups in total. The summed E-state index contributed by atoms with van der Waals surface area (Å²) in [6, 6.07) is 0. The number of fused-ring (bicyclic) bond motifs is 7. The van der Waals surface area contributed by atoms with E-state index in [0.717, 1.165) is 44.9 Å². The van der Waals surface area contributed by atoms with Crippen LogP contribution in [0.1, 0.15) is 113 Å². The quantitative estimate of drug-likeness (QED) is 0.0784. The number of hydrogen-bond acceptors (Lipinski definition) is 22. The summed E-state index contributed by atoms with van der Waals surface area (Å²) in [6.07, 6.45) is -24.1. The van der Waals surface area contributed by atoms with Gasteiger partial charge in [0, 0.05) is 30.5 Å². The van der Waals surface area contributed by atoms with Crippen LogP contribution in [-0.4, -0.2) is 235 Å². The molecule has 4 aliphatic heterocycles. The van der Waals surface area contributed by atoms with E-state index in [0.29, 0.717) is 12.8 Å². The molecule has 444 valence electrons. The Hall–Kier alpha value is -1.14. The van der Waals surface area contributed by atoms with Gasteiger partial charge in [0.1, 0.15) is 85.5 Å². The molecule has 0 radical (unpaired) electrons. The average molecular weight is 1110 g/mol. The maximum atomic E-state index is 12.0. The minimum Gasteiger partial charge on any atom is -0.396 e. The van der Waals surface area contributed by atoms with Gasteiger partial charge in [-0.25, -0.2) is 0 Å². The van der Waals surface area contributed by atoms with Gasteiger partial charge in [-0.15, -0.1) is 0 Å². The van der Waals surface area contributed by atoms with Crippen LogP contribution >= 0.6 is 0 Å². The molecule has 0 spiro atoms. The molecule has 8 fully saturated rings. The Kier molecular flexibility index (Phi) is 17.4. The number of ether oxygens (including phenoxy) is 9. The van der Waals surface area contributed by atoms with Crippen molar-refractivity contribution in [1.82, 2.24) is 0 Å². The van der Waals surface area contributed by atoms with Crippen LogP contribution in [0.25, 0.3) is 0 Å². The summed E-state index contributed by atoms with van der Waals surface area (Å²) in [6.45, 7) is 15.0. The minimum atomic E-state index is -2.01. The van der Waals surface area contributed by atoms with Gasteiger partial charge in [-0.2, -0.15) is 0 Å². The summed E-state index contributed by atoms with van der Waals surface area (Å²) >= 11 is 0. The average Bonchev–Trinajstić information content (AvgIpc) is 3.41. The summed E-state index contributed by atoms with van der Waals surface area (Å²) in [5, 5.41) is 143. The van der Waals surface area contributed by atoms with Crippen molar-refractivity contribution in [3.8, 4) is 0 Å². The van der Waals surface area contributed by atoms with Crippen LogP contribution in [-0.2, 0) is 42.6 Å². The molecule has 0 unspecified atom stereocenters. The third-order valence-electron chi connectivity index (χ3n) is 21.8. The zero-order valence-electron chi connectivity index (χ0n) is 46.2. The van der Waals surface area contributed by atoms with Crippen LogP contribution in [0.5, 0.6) is 0 Å². The van der Waals surface area contributed by atoms with Crippen LogP contribution in [0, 0.1) is 50.2 Å². The molecule has 0 aromatic heterocycles. The molecule has 22 nitrogen and oxygen atoms in total. The van der Waals surface area contributed by atoms with Gasteiger partial charge < -0.3 is 109 Å². The Morgan fingerprint density at radius 3 is 1.71 bits per heavy atom. The highest BCUT2D eigenvalue weighted by Crippen LogP contribution is 2.76. The first-order valence-electron chi connectivity index (χ1n) is 28.2. The fraction of sp³-hybridized carbons (Fsp3) is 0.964. The van der Waals surface area contributed by atoms with E-state index in [-0.39, 0.29) is 58.7 Å². The fourth-order valence-electron chi connectivity index (χ4n) is 16.8. The Morgan fingerprint density at radius 1 is 0.532 bits per heavy atom. The normalized spacial score (nSPS) is 55.8. The van der Waals surface area contributed by atoms with Gasteiger partial charge >= 0.3 is 0 Å². The smallest absolute Gasteiger partial charge is 0.187 e. The van der Waals surface area contributed by atoms with Crippen LogP contribution in [0.4, 0.5) is 0 Å². The molecule has 0 amide bonds. The summed E-state index contributed by atoms with van der Waals surface area (Å²) < 4.78 is 56.0. The minimum absolute atomic E-state index is 0.0204. The zero-order chi connectivity index (χ0) is 56.3. The second kappa shape index (κ2) is 22.1. The molecular weight excluding hydrogens is 1010 g/mol. The van der Waals surface area contributed by atoms with Crippen molar-refractivity contribution in [2.45, 2.75) is 248 Å². The summed E-state index contributed by atoms with van der Waals surface area (Å²) in [4.78, 5) is 0. The van der Waals surface area contributed by atoms with Crippen molar-refractivity contribution in [2.24, 2.45) is 50.2 Å². The standard InChI is InChI=1S/C55H92O22/c1-24-33(60)36(63)39(66)46(70-24)75-42-30(21-57)73-48(41(68)38(42)65)76-43-34(61)25(2)71-49(44(43)77-47-40(67)37(64)35(62)29(20-56)72-47)74-32-11-12-51(5)31(52(32,6)22-58)10-13-54(8)45(51)28(69-9)18-26-27-19-50(3,4)14-16-55(27,23-59)17-15-53(26,54)7/h18,24-25,27-49,56-68H,10-17,19-23H2,1-9H3/t24-,25-,27-,28-,29-,30-,31-,32-,33-,34-,35-,36+,37+,38-,39-,40-,41-,42-,43+,44-,45-,46+,47+,48+,49+,51+,52+,53+,54-,55+/m0/s1. The highest BCUT2D eigenvalue weighted by atomic mass is 16.8. The van der Waals surface area contributed by atoms with E-state index < -0.39 is 153 Å². The van der Waals surface area contributed by atoms with Crippen LogP contribution in [0.3, 0.4) is 0 Å². The molecular formula is C55H92O22. The number of aliphatic hydroxyl groups excluding tert-OH is 13. The molecule has 30 atom stereocenters.